The molecule has 0 aromatic carbocycles. The molecule has 0 aromatic heterocycles. The van der Waals surface area contributed by atoms with Crippen LogP contribution in [0.4, 0.5) is 0 Å². The fourth-order valence-corrected chi connectivity index (χ4v) is 0.262. The van der Waals surface area contributed by atoms with Crippen LogP contribution in [-0.2, 0) is 9.62 Å². The average molecular weight is 118 g/mol. The van der Waals surface area contributed by atoms with Gasteiger partial charge in [0.05, 0.1) is 6.61 Å². The van der Waals surface area contributed by atoms with E-state index in [1.807, 2.05) is 0 Å². The molecule has 8 heavy (non-hydrogen) atoms. The highest BCUT2D eigenvalue weighted by Gasteiger charge is 1.90. The Morgan fingerprint density at radius 2 is 2.38 bits per heavy atom. The van der Waals surface area contributed by atoms with Gasteiger partial charge in [-0.05, 0) is 0 Å². The summed E-state index contributed by atoms with van der Waals surface area (Å²) in [5.74, 6) is 0.326. The lowest BCUT2D eigenvalue weighted by atomic mass is 10.4. The summed E-state index contributed by atoms with van der Waals surface area (Å²) in [5.41, 5.74) is 0. The van der Waals surface area contributed by atoms with Gasteiger partial charge in [0, 0.05) is 13.5 Å². The van der Waals surface area contributed by atoms with Crippen LogP contribution >= 0.6 is 0 Å². The molecule has 48 valence electrons. The summed E-state index contributed by atoms with van der Waals surface area (Å²) < 4.78 is 4.66. The van der Waals surface area contributed by atoms with Crippen molar-refractivity contribution in [1.29, 1.82) is 0 Å². The monoisotopic (exact) mass is 118 g/mol. The van der Waals surface area contributed by atoms with Gasteiger partial charge in [-0.15, -0.1) is 0 Å². The number of methoxy groups -OCH3 is 1. The standard InChI is InChI=1S/C5H10O3/c1-5(8-6)3-4-7-2/h6H,1,3-4H2,2H3. The van der Waals surface area contributed by atoms with Gasteiger partial charge in [0.25, 0.3) is 0 Å². The Morgan fingerprint density at radius 3 is 2.75 bits per heavy atom. The highest BCUT2D eigenvalue weighted by atomic mass is 17.1. The molecule has 0 radical (unpaired) electrons. The van der Waals surface area contributed by atoms with Gasteiger partial charge >= 0.3 is 0 Å². The Labute approximate surface area is 48.5 Å². The minimum Gasteiger partial charge on any atom is -0.384 e. The van der Waals surface area contributed by atoms with Crippen molar-refractivity contribution in [1.82, 2.24) is 0 Å². The van der Waals surface area contributed by atoms with Crippen LogP contribution in [0, 0.1) is 0 Å². The van der Waals surface area contributed by atoms with Gasteiger partial charge in [0.1, 0.15) is 5.76 Å². The molecule has 0 aliphatic heterocycles. The molecule has 0 spiro atoms. The zero-order valence-electron chi connectivity index (χ0n) is 4.89. The zero-order chi connectivity index (χ0) is 6.41. The fraction of sp³-hybridized carbons (Fsp3) is 0.600. The molecule has 0 atom stereocenters. The van der Waals surface area contributed by atoms with Crippen LogP contribution in [0.1, 0.15) is 6.42 Å². The van der Waals surface area contributed by atoms with Crippen molar-refractivity contribution in [3.8, 4) is 0 Å². The molecule has 0 aliphatic carbocycles. The molecule has 0 saturated heterocycles. The van der Waals surface area contributed by atoms with Crippen LogP contribution < -0.4 is 0 Å². The minimum absolute atomic E-state index is 0.326. The van der Waals surface area contributed by atoms with E-state index < -0.39 is 0 Å². The second-order valence-corrected chi connectivity index (χ2v) is 1.37. The van der Waals surface area contributed by atoms with E-state index in [1.165, 1.54) is 0 Å². The third-order valence-electron chi connectivity index (χ3n) is 0.714. The van der Waals surface area contributed by atoms with Gasteiger partial charge in [-0.2, -0.15) is 0 Å². The molecule has 0 heterocycles. The van der Waals surface area contributed by atoms with Crippen molar-refractivity contribution in [2.24, 2.45) is 0 Å². The van der Waals surface area contributed by atoms with E-state index in [0.717, 1.165) is 0 Å². The number of hydrogen-bond acceptors (Lipinski definition) is 3. The maximum absolute atomic E-state index is 7.91. The van der Waals surface area contributed by atoms with E-state index in [1.54, 1.807) is 7.11 Å². The van der Waals surface area contributed by atoms with Crippen molar-refractivity contribution in [3.63, 3.8) is 0 Å². The summed E-state index contributed by atoms with van der Waals surface area (Å²) in [5, 5.41) is 7.91. The van der Waals surface area contributed by atoms with Gasteiger partial charge in [-0.25, -0.2) is 5.26 Å². The molecule has 0 rings (SSSR count). The van der Waals surface area contributed by atoms with Crippen molar-refractivity contribution in [2.75, 3.05) is 13.7 Å². The number of ether oxygens (including phenoxy) is 1. The molecule has 0 fully saturated rings. The maximum Gasteiger partial charge on any atom is 0.137 e. The lowest BCUT2D eigenvalue weighted by molar-refractivity contribution is -0.206. The predicted octanol–water partition coefficient (Wildman–Crippen LogP) is 1.03. The largest absolute Gasteiger partial charge is 0.384 e. The SMILES string of the molecule is C=C(CCOC)OO. The molecular formula is C5H10O3. The van der Waals surface area contributed by atoms with Gasteiger partial charge in [-0.3, -0.25) is 0 Å². The quantitative estimate of drug-likeness (QED) is 0.340. The van der Waals surface area contributed by atoms with E-state index in [2.05, 4.69) is 16.2 Å². The Morgan fingerprint density at radius 1 is 1.75 bits per heavy atom. The van der Waals surface area contributed by atoms with Gasteiger partial charge in [0.2, 0.25) is 0 Å². The smallest absolute Gasteiger partial charge is 0.137 e. The summed E-state index contributed by atoms with van der Waals surface area (Å²) in [7, 11) is 1.57. The van der Waals surface area contributed by atoms with Crippen LogP contribution in [0.3, 0.4) is 0 Å². The van der Waals surface area contributed by atoms with Crippen molar-refractivity contribution >= 4 is 0 Å². The summed E-state index contributed by atoms with van der Waals surface area (Å²) >= 11 is 0. The van der Waals surface area contributed by atoms with E-state index in [0.29, 0.717) is 18.8 Å². The maximum atomic E-state index is 7.91. The highest BCUT2D eigenvalue weighted by Crippen LogP contribution is 1.95. The number of hydrogen-bond donors (Lipinski definition) is 1. The summed E-state index contributed by atoms with van der Waals surface area (Å²) in [6.45, 7) is 3.89. The van der Waals surface area contributed by atoms with Crippen LogP contribution in [0.25, 0.3) is 0 Å². The third-order valence-corrected chi connectivity index (χ3v) is 0.714. The van der Waals surface area contributed by atoms with Crippen LogP contribution in [-0.4, -0.2) is 19.0 Å². The fourth-order valence-electron chi connectivity index (χ4n) is 0.262. The topological polar surface area (TPSA) is 38.7 Å². The van der Waals surface area contributed by atoms with Crippen LogP contribution in [0.5, 0.6) is 0 Å². The first-order chi connectivity index (χ1) is 3.81. The first-order valence-corrected chi connectivity index (χ1v) is 2.29. The van der Waals surface area contributed by atoms with E-state index in [4.69, 9.17) is 5.26 Å². The summed E-state index contributed by atoms with van der Waals surface area (Å²) in [4.78, 5) is 3.78. The molecule has 3 heteroatoms. The second-order valence-electron chi connectivity index (χ2n) is 1.37. The summed E-state index contributed by atoms with van der Waals surface area (Å²) in [6.07, 6.45) is 0.535. The molecule has 0 aromatic rings. The Kier molecular flexibility index (Phi) is 4.30. The van der Waals surface area contributed by atoms with Crippen LogP contribution in [0.15, 0.2) is 12.3 Å². The first-order valence-electron chi connectivity index (χ1n) is 2.29. The molecule has 0 amide bonds. The van der Waals surface area contributed by atoms with Gasteiger partial charge in [0.15, 0.2) is 0 Å². The molecule has 1 N–H and O–H groups in total. The Bertz CT molecular complexity index is 70.1. The van der Waals surface area contributed by atoms with Crippen molar-refractivity contribution < 1.29 is 14.9 Å². The molecule has 0 saturated carbocycles. The third kappa shape index (κ3) is 3.64. The van der Waals surface area contributed by atoms with Crippen molar-refractivity contribution in [2.45, 2.75) is 6.42 Å². The predicted molar refractivity (Wildman–Crippen MR) is 29.3 cm³/mol. The lowest BCUT2D eigenvalue weighted by Crippen LogP contribution is -1.92. The highest BCUT2D eigenvalue weighted by molar-refractivity contribution is 4.79. The average Bonchev–Trinajstić information content (AvgIpc) is 1.83. The Balaban J connectivity index is 2.99. The van der Waals surface area contributed by atoms with E-state index in [9.17, 15) is 0 Å². The van der Waals surface area contributed by atoms with Crippen molar-refractivity contribution in [3.05, 3.63) is 12.3 Å². The molecular weight excluding hydrogens is 108 g/mol. The van der Waals surface area contributed by atoms with E-state index >= 15 is 0 Å². The molecule has 3 nitrogen and oxygen atoms in total. The second kappa shape index (κ2) is 4.61. The van der Waals surface area contributed by atoms with E-state index in [-0.39, 0.29) is 0 Å². The molecule has 0 aliphatic rings. The van der Waals surface area contributed by atoms with Gasteiger partial charge < -0.3 is 9.62 Å². The normalized spacial score (nSPS) is 8.75. The molecule has 0 unspecified atom stereocenters. The Hall–Kier alpha value is -0.540. The minimum atomic E-state index is 0.326. The summed E-state index contributed by atoms with van der Waals surface area (Å²) in [6, 6.07) is 0. The first kappa shape index (κ1) is 7.46. The number of rotatable bonds is 4. The lowest BCUT2D eigenvalue weighted by Gasteiger charge is -1.97. The van der Waals surface area contributed by atoms with Crippen LogP contribution in [0.2, 0.25) is 0 Å². The molecule has 0 bridgehead atoms. The van der Waals surface area contributed by atoms with Gasteiger partial charge in [-0.1, -0.05) is 6.58 Å². The zero-order valence-corrected chi connectivity index (χ0v) is 4.89.